The van der Waals surface area contributed by atoms with Crippen molar-refractivity contribution in [3.63, 3.8) is 0 Å². The fourth-order valence-corrected chi connectivity index (χ4v) is 8.90. The summed E-state index contributed by atoms with van der Waals surface area (Å²) in [6.07, 6.45) is 8.93. The minimum Gasteiger partial charge on any atom is -0.481 e. The van der Waals surface area contributed by atoms with Crippen LogP contribution in [0.4, 0.5) is 0 Å². The third-order valence-corrected chi connectivity index (χ3v) is 10.2. The Balaban J connectivity index is 1.53. The van der Waals surface area contributed by atoms with Gasteiger partial charge in [-0.25, -0.2) is 0 Å². The van der Waals surface area contributed by atoms with Crippen molar-refractivity contribution in [3.8, 4) is 0 Å². The number of carboxylic acids is 1. The first-order chi connectivity index (χ1) is 14.6. The van der Waals surface area contributed by atoms with Gasteiger partial charge in [0, 0.05) is 25.7 Å². The lowest BCUT2D eigenvalue weighted by Gasteiger charge is -2.60. The Labute approximate surface area is 186 Å². The molecule has 3 unspecified atom stereocenters. The van der Waals surface area contributed by atoms with Gasteiger partial charge in [-0.15, -0.1) is 0 Å². The van der Waals surface area contributed by atoms with E-state index in [4.69, 9.17) is 9.84 Å². The van der Waals surface area contributed by atoms with Crippen LogP contribution in [-0.4, -0.2) is 28.9 Å². The molecule has 5 nitrogen and oxygen atoms in total. The molecule has 4 aliphatic rings. The van der Waals surface area contributed by atoms with E-state index in [1.54, 1.807) is 0 Å². The number of Topliss-reactive ketones (excluding diaryl/α,β-unsaturated/α-hetero) is 1. The largest absolute Gasteiger partial charge is 0.481 e. The quantitative estimate of drug-likeness (QED) is 0.600. The van der Waals surface area contributed by atoms with Gasteiger partial charge in [-0.1, -0.05) is 20.8 Å². The van der Waals surface area contributed by atoms with Crippen molar-refractivity contribution in [1.82, 2.24) is 0 Å². The van der Waals surface area contributed by atoms with Crippen LogP contribution in [0.3, 0.4) is 0 Å². The molecule has 4 rings (SSSR count). The van der Waals surface area contributed by atoms with E-state index >= 15 is 0 Å². The molecule has 0 aromatic rings. The summed E-state index contributed by atoms with van der Waals surface area (Å²) in [5.74, 6) is 2.00. The average molecular weight is 433 g/mol. The maximum Gasteiger partial charge on any atom is 0.303 e. The number of carbonyl (C=O) groups is 3. The molecule has 0 amide bonds. The van der Waals surface area contributed by atoms with Crippen LogP contribution in [0.2, 0.25) is 0 Å². The van der Waals surface area contributed by atoms with Crippen LogP contribution >= 0.6 is 0 Å². The molecule has 0 aromatic carbocycles. The number of aliphatic carboxylic acids is 1. The standard InChI is InChI=1S/C26H40O5/c1-15(5-10-23(29)30)20-8-9-21-19-7-6-17-13-18(31-16(2)27)11-12-25(17,3)24(19)22(28)14-26(20,21)4/h15,17-21,24H,5-14H2,1-4H3,(H,29,30)/t15-,17?,18-,19?,20-,21+,24?,25+,26-/m1/s1. The first-order valence-electron chi connectivity index (χ1n) is 12.5. The van der Waals surface area contributed by atoms with Gasteiger partial charge >= 0.3 is 11.9 Å². The summed E-state index contributed by atoms with van der Waals surface area (Å²) >= 11 is 0. The van der Waals surface area contributed by atoms with Crippen LogP contribution in [-0.2, 0) is 19.1 Å². The van der Waals surface area contributed by atoms with Gasteiger partial charge in [-0.2, -0.15) is 0 Å². The lowest BCUT2D eigenvalue weighted by molar-refractivity contribution is -0.169. The zero-order valence-corrected chi connectivity index (χ0v) is 19.7. The molecule has 0 aliphatic heterocycles. The van der Waals surface area contributed by atoms with Crippen molar-refractivity contribution in [3.05, 3.63) is 0 Å². The zero-order chi connectivity index (χ0) is 22.6. The summed E-state index contributed by atoms with van der Waals surface area (Å²) in [4.78, 5) is 36.3. The Morgan fingerprint density at radius 2 is 1.87 bits per heavy atom. The molecule has 31 heavy (non-hydrogen) atoms. The van der Waals surface area contributed by atoms with Gasteiger partial charge < -0.3 is 9.84 Å². The van der Waals surface area contributed by atoms with Crippen molar-refractivity contribution in [1.29, 1.82) is 0 Å². The molecule has 4 fully saturated rings. The highest BCUT2D eigenvalue weighted by molar-refractivity contribution is 5.84. The summed E-state index contributed by atoms with van der Waals surface area (Å²) in [7, 11) is 0. The van der Waals surface area contributed by atoms with Gasteiger partial charge in [-0.3, -0.25) is 14.4 Å². The van der Waals surface area contributed by atoms with Crippen LogP contribution in [0.25, 0.3) is 0 Å². The van der Waals surface area contributed by atoms with E-state index in [1.807, 2.05) is 0 Å². The number of hydrogen-bond donors (Lipinski definition) is 1. The molecule has 4 saturated carbocycles. The molecule has 0 aromatic heterocycles. The maximum atomic E-state index is 13.8. The second-order valence-corrected chi connectivity index (χ2v) is 11.8. The van der Waals surface area contributed by atoms with Gasteiger partial charge in [-0.05, 0) is 91.8 Å². The molecule has 0 radical (unpaired) electrons. The molecule has 9 atom stereocenters. The van der Waals surface area contributed by atoms with Crippen molar-refractivity contribution in [2.75, 3.05) is 0 Å². The number of carboxylic acid groups (broad SMARTS) is 1. The predicted molar refractivity (Wildman–Crippen MR) is 117 cm³/mol. The van der Waals surface area contributed by atoms with Crippen LogP contribution in [0, 0.1) is 46.3 Å². The number of ketones is 1. The highest BCUT2D eigenvalue weighted by Gasteiger charge is 2.63. The number of carbonyl (C=O) groups excluding carboxylic acids is 2. The highest BCUT2D eigenvalue weighted by Crippen LogP contribution is 2.67. The van der Waals surface area contributed by atoms with Gasteiger partial charge in [0.15, 0.2) is 0 Å². The van der Waals surface area contributed by atoms with Crippen molar-refractivity contribution in [2.24, 2.45) is 46.3 Å². The molecular formula is C26H40O5. The topological polar surface area (TPSA) is 80.7 Å². The number of esters is 1. The van der Waals surface area contributed by atoms with Crippen LogP contribution < -0.4 is 0 Å². The normalized spacial score (nSPS) is 45.2. The number of hydrogen-bond acceptors (Lipinski definition) is 4. The van der Waals surface area contributed by atoms with Gasteiger partial charge in [0.2, 0.25) is 0 Å². The minimum absolute atomic E-state index is 0.0158. The summed E-state index contributed by atoms with van der Waals surface area (Å²) in [5, 5.41) is 9.12. The average Bonchev–Trinajstić information content (AvgIpc) is 3.02. The van der Waals surface area contributed by atoms with E-state index in [2.05, 4.69) is 20.8 Å². The van der Waals surface area contributed by atoms with E-state index in [1.165, 1.54) is 13.3 Å². The van der Waals surface area contributed by atoms with E-state index in [9.17, 15) is 14.4 Å². The Morgan fingerprint density at radius 3 is 2.55 bits per heavy atom. The number of fused-ring (bicyclic) bond motifs is 5. The van der Waals surface area contributed by atoms with E-state index in [0.717, 1.165) is 38.5 Å². The molecule has 1 N–H and O–H groups in total. The predicted octanol–water partition coefficient (Wildman–Crippen LogP) is 5.26. The Bertz CT molecular complexity index is 746. The SMILES string of the molecule is CC(=O)O[C@@H]1CC[C@@]2(C)C(CCC3C2C(=O)C[C@]2(C)[C@@H]([C@H](C)CCC(=O)O)CC[C@@H]32)C1. The molecule has 0 heterocycles. The molecule has 0 saturated heterocycles. The lowest BCUT2D eigenvalue weighted by atomic mass is 9.44. The number of ether oxygens (including phenoxy) is 1. The Hall–Kier alpha value is -1.39. The van der Waals surface area contributed by atoms with E-state index < -0.39 is 5.97 Å². The monoisotopic (exact) mass is 432 g/mol. The fourth-order valence-electron chi connectivity index (χ4n) is 8.90. The van der Waals surface area contributed by atoms with Gasteiger partial charge in [0.25, 0.3) is 0 Å². The van der Waals surface area contributed by atoms with Crippen molar-refractivity contribution in [2.45, 2.75) is 98.0 Å². The van der Waals surface area contributed by atoms with Crippen molar-refractivity contribution >= 4 is 17.7 Å². The van der Waals surface area contributed by atoms with Crippen molar-refractivity contribution < 1.29 is 24.2 Å². The smallest absolute Gasteiger partial charge is 0.303 e. The highest BCUT2D eigenvalue weighted by atomic mass is 16.5. The maximum absolute atomic E-state index is 13.8. The van der Waals surface area contributed by atoms with Crippen LogP contribution in [0.5, 0.6) is 0 Å². The third kappa shape index (κ3) is 3.84. The summed E-state index contributed by atoms with van der Waals surface area (Å²) in [6.45, 7) is 8.38. The molecule has 0 spiro atoms. The third-order valence-electron chi connectivity index (χ3n) is 10.2. The molecule has 4 aliphatic carbocycles. The second-order valence-electron chi connectivity index (χ2n) is 11.8. The van der Waals surface area contributed by atoms with Gasteiger partial charge in [0.1, 0.15) is 11.9 Å². The van der Waals surface area contributed by atoms with E-state index in [0.29, 0.717) is 48.2 Å². The second kappa shape index (κ2) is 8.19. The molecule has 174 valence electrons. The van der Waals surface area contributed by atoms with Crippen LogP contribution in [0.15, 0.2) is 0 Å². The zero-order valence-electron chi connectivity index (χ0n) is 19.7. The summed E-state index contributed by atoms with van der Waals surface area (Å²) < 4.78 is 5.55. The first kappa shape index (κ1) is 22.8. The Morgan fingerprint density at radius 1 is 1.13 bits per heavy atom. The Kier molecular flexibility index (Phi) is 6.02. The number of rotatable bonds is 5. The van der Waals surface area contributed by atoms with Crippen LogP contribution in [0.1, 0.15) is 91.9 Å². The van der Waals surface area contributed by atoms with Gasteiger partial charge in [0.05, 0.1) is 0 Å². The molecule has 5 heteroatoms. The summed E-state index contributed by atoms with van der Waals surface area (Å²) in [5.41, 5.74) is 0.0549. The summed E-state index contributed by atoms with van der Waals surface area (Å²) in [6, 6.07) is 0. The fraction of sp³-hybridized carbons (Fsp3) is 0.885. The molecular weight excluding hydrogens is 392 g/mol. The lowest BCUT2D eigenvalue weighted by Crippen LogP contribution is -2.58. The first-order valence-corrected chi connectivity index (χ1v) is 12.5. The minimum atomic E-state index is -0.720. The van der Waals surface area contributed by atoms with E-state index in [-0.39, 0.29) is 35.2 Å². The molecule has 0 bridgehead atoms.